The van der Waals surface area contributed by atoms with Gasteiger partial charge in [-0.25, -0.2) is 0 Å². The van der Waals surface area contributed by atoms with Crippen molar-refractivity contribution in [1.29, 1.82) is 0 Å². The number of phenolic OH excluding ortho intramolecular Hbond substituents is 1. The number of aliphatic hydroxyl groups excluding tert-OH is 1. The van der Waals surface area contributed by atoms with Crippen molar-refractivity contribution < 1.29 is 24.5 Å². The van der Waals surface area contributed by atoms with E-state index in [0.29, 0.717) is 36.7 Å². The smallest absolute Gasteiger partial charge is 0.175 e. The van der Waals surface area contributed by atoms with Crippen LogP contribution in [0.15, 0.2) is 34.3 Å². The Morgan fingerprint density at radius 2 is 1.84 bits per heavy atom. The topological polar surface area (TPSA) is 90.9 Å². The molecule has 0 aliphatic heterocycles. The predicted molar refractivity (Wildman–Crippen MR) is 148 cm³/mol. The molecule has 3 saturated carbocycles. The zero-order chi connectivity index (χ0) is 27.2. The molecule has 8 atom stereocenters. The van der Waals surface area contributed by atoms with Gasteiger partial charge in [0.1, 0.15) is 5.76 Å². The van der Waals surface area contributed by atoms with E-state index in [9.17, 15) is 20.1 Å². The Morgan fingerprint density at radius 3 is 2.58 bits per heavy atom. The van der Waals surface area contributed by atoms with Gasteiger partial charge in [-0.05, 0) is 104 Å². The minimum absolute atomic E-state index is 0.0310. The number of aromatic hydroxyl groups is 1. The Bertz CT molecular complexity index is 1300. The standard InChI is InChI=1S/C33H44O5/c1-18(2)28-15-21-13-20(14-26(35)30(21)38-28)12-19(3)33(37)11-9-25-24-7-6-22-16-23(34)8-10-31(22,4)29(24)27(36)17-32(25,33)5/h13-16,18-19,24-25,27,29,35-37H,6-12,17H2,1-5H3/t19?,24-,25?,27-,29+,31-,32-,33-/m0/s1. The molecule has 1 aromatic carbocycles. The normalized spacial score (nSPS) is 39.6. The Morgan fingerprint density at radius 1 is 1.08 bits per heavy atom. The molecule has 0 spiro atoms. The molecule has 6 rings (SSSR count). The third-order valence-corrected chi connectivity index (χ3v) is 11.7. The van der Waals surface area contributed by atoms with Crippen LogP contribution in [0.5, 0.6) is 5.75 Å². The molecular formula is C33H44O5. The van der Waals surface area contributed by atoms with Crippen molar-refractivity contribution >= 4 is 16.8 Å². The molecule has 4 aliphatic rings. The van der Waals surface area contributed by atoms with E-state index in [2.05, 4.69) is 40.7 Å². The van der Waals surface area contributed by atoms with Crippen LogP contribution < -0.4 is 0 Å². The SMILES string of the molecule is CC(C)c1cc2cc(CC(C)[C@@]3(O)CCC4[C@@H]5CCC6=CC(=O)CC[C@]6(C)[C@H]5[C@@H](O)C[C@@]43C)cc(O)c2o1. The molecule has 0 amide bonds. The number of allylic oxidation sites excluding steroid dienone is 1. The third-order valence-electron chi connectivity index (χ3n) is 11.7. The van der Waals surface area contributed by atoms with Crippen LogP contribution in [0.1, 0.15) is 96.8 Å². The second kappa shape index (κ2) is 8.69. The quantitative estimate of drug-likeness (QED) is 0.419. The molecule has 1 heterocycles. The zero-order valence-corrected chi connectivity index (χ0v) is 23.6. The van der Waals surface area contributed by atoms with E-state index in [1.54, 1.807) is 6.07 Å². The van der Waals surface area contributed by atoms with Gasteiger partial charge in [0.15, 0.2) is 17.1 Å². The zero-order valence-electron chi connectivity index (χ0n) is 23.6. The summed E-state index contributed by atoms with van der Waals surface area (Å²) in [5, 5.41) is 35.8. The highest BCUT2D eigenvalue weighted by atomic mass is 16.4. The van der Waals surface area contributed by atoms with Crippen molar-refractivity contribution in [2.45, 2.75) is 104 Å². The molecule has 2 aromatic rings. The van der Waals surface area contributed by atoms with Crippen LogP contribution in [0, 0.1) is 34.5 Å². The molecule has 0 radical (unpaired) electrons. The van der Waals surface area contributed by atoms with Crippen molar-refractivity contribution in [2.75, 3.05) is 0 Å². The number of carbonyl (C=O) groups excluding carboxylic acids is 1. The lowest BCUT2D eigenvalue weighted by Crippen LogP contribution is -2.61. The second-order valence-electron chi connectivity index (χ2n) is 14.0. The Labute approximate surface area is 226 Å². The second-order valence-corrected chi connectivity index (χ2v) is 14.0. The maximum absolute atomic E-state index is 12.4. The van der Waals surface area contributed by atoms with Gasteiger partial charge in [0, 0.05) is 23.1 Å². The maximum atomic E-state index is 12.4. The summed E-state index contributed by atoms with van der Waals surface area (Å²) >= 11 is 0. The lowest BCUT2D eigenvalue weighted by Gasteiger charge is -2.61. The first kappa shape index (κ1) is 26.1. The number of aliphatic hydroxyl groups is 2. The summed E-state index contributed by atoms with van der Waals surface area (Å²) in [6, 6.07) is 5.89. The number of rotatable bonds is 4. The van der Waals surface area contributed by atoms with Gasteiger partial charge in [-0.3, -0.25) is 4.79 Å². The number of hydrogen-bond donors (Lipinski definition) is 3. The summed E-state index contributed by atoms with van der Waals surface area (Å²) in [7, 11) is 0. The molecular weight excluding hydrogens is 476 g/mol. The van der Waals surface area contributed by atoms with Crippen LogP contribution >= 0.6 is 0 Å². The first-order valence-corrected chi connectivity index (χ1v) is 14.8. The van der Waals surface area contributed by atoms with E-state index in [4.69, 9.17) is 4.42 Å². The van der Waals surface area contributed by atoms with Gasteiger partial charge in [-0.15, -0.1) is 0 Å². The number of ketones is 1. The molecule has 5 heteroatoms. The largest absolute Gasteiger partial charge is 0.504 e. The van der Waals surface area contributed by atoms with E-state index in [0.717, 1.165) is 48.8 Å². The van der Waals surface area contributed by atoms with Crippen LogP contribution in [-0.4, -0.2) is 32.8 Å². The first-order chi connectivity index (χ1) is 17.9. The molecule has 3 N–H and O–H groups in total. The summed E-state index contributed by atoms with van der Waals surface area (Å²) in [6.45, 7) is 10.8. The molecule has 0 saturated heterocycles. The molecule has 206 valence electrons. The monoisotopic (exact) mass is 520 g/mol. The van der Waals surface area contributed by atoms with Crippen molar-refractivity contribution in [3.05, 3.63) is 41.2 Å². The number of hydrogen-bond acceptors (Lipinski definition) is 5. The van der Waals surface area contributed by atoms with Gasteiger partial charge in [0.25, 0.3) is 0 Å². The van der Waals surface area contributed by atoms with Gasteiger partial charge in [-0.1, -0.05) is 40.2 Å². The lowest BCUT2D eigenvalue weighted by molar-refractivity contribution is -0.186. The summed E-state index contributed by atoms with van der Waals surface area (Å²) in [4.78, 5) is 12.2. The number of carbonyl (C=O) groups is 1. The molecule has 5 nitrogen and oxygen atoms in total. The fraction of sp³-hybridized carbons (Fsp3) is 0.667. The Kier molecular flexibility index (Phi) is 5.98. The summed E-state index contributed by atoms with van der Waals surface area (Å²) in [6.07, 6.45) is 7.68. The van der Waals surface area contributed by atoms with Crippen molar-refractivity contribution in [3.63, 3.8) is 0 Å². The number of fused-ring (bicyclic) bond motifs is 6. The molecule has 1 aromatic heterocycles. The summed E-state index contributed by atoms with van der Waals surface area (Å²) in [5.41, 5.74) is 1.39. The van der Waals surface area contributed by atoms with Crippen molar-refractivity contribution in [2.24, 2.45) is 34.5 Å². The first-order valence-electron chi connectivity index (χ1n) is 14.8. The van der Waals surface area contributed by atoms with Crippen LogP contribution in [0.3, 0.4) is 0 Å². The van der Waals surface area contributed by atoms with Crippen LogP contribution in [0.2, 0.25) is 0 Å². The molecule has 3 fully saturated rings. The molecule has 4 aliphatic carbocycles. The van der Waals surface area contributed by atoms with E-state index in [-0.39, 0.29) is 40.1 Å². The molecule has 2 unspecified atom stereocenters. The highest BCUT2D eigenvalue weighted by Crippen LogP contribution is 2.68. The van der Waals surface area contributed by atoms with E-state index in [1.807, 2.05) is 12.1 Å². The van der Waals surface area contributed by atoms with Gasteiger partial charge in [0.2, 0.25) is 0 Å². The van der Waals surface area contributed by atoms with Crippen LogP contribution in [0.25, 0.3) is 11.0 Å². The Hall–Kier alpha value is -2.11. The van der Waals surface area contributed by atoms with Gasteiger partial charge in [-0.2, -0.15) is 0 Å². The molecule has 0 bridgehead atoms. The summed E-state index contributed by atoms with van der Waals surface area (Å²) in [5.74, 6) is 2.33. The van der Waals surface area contributed by atoms with Crippen LogP contribution in [-0.2, 0) is 11.2 Å². The number of benzene rings is 1. The highest BCUT2D eigenvalue weighted by Gasteiger charge is 2.67. The van der Waals surface area contributed by atoms with E-state index in [1.165, 1.54) is 5.57 Å². The fourth-order valence-electron chi connectivity index (χ4n) is 9.67. The lowest BCUT2D eigenvalue weighted by atomic mass is 9.45. The minimum Gasteiger partial charge on any atom is -0.504 e. The van der Waals surface area contributed by atoms with Gasteiger partial charge < -0.3 is 19.7 Å². The number of furan rings is 1. The summed E-state index contributed by atoms with van der Waals surface area (Å²) < 4.78 is 5.89. The minimum atomic E-state index is -0.896. The highest BCUT2D eigenvalue weighted by molar-refractivity contribution is 5.91. The van der Waals surface area contributed by atoms with Gasteiger partial charge in [0.05, 0.1) is 11.7 Å². The molecule has 38 heavy (non-hydrogen) atoms. The average molecular weight is 521 g/mol. The number of phenols is 1. The fourth-order valence-corrected chi connectivity index (χ4v) is 9.67. The van der Waals surface area contributed by atoms with Crippen molar-refractivity contribution in [1.82, 2.24) is 0 Å². The van der Waals surface area contributed by atoms with Crippen molar-refractivity contribution in [3.8, 4) is 5.75 Å². The van der Waals surface area contributed by atoms with Crippen LogP contribution in [0.4, 0.5) is 0 Å². The Balaban J connectivity index is 1.28. The third kappa shape index (κ3) is 3.60. The van der Waals surface area contributed by atoms with E-state index >= 15 is 0 Å². The maximum Gasteiger partial charge on any atom is 0.175 e. The van der Waals surface area contributed by atoms with E-state index < -0.39 is 11.7 Å². The van der Waals surface area contributed by atoms with Gasteiger partial charge >= 0.3 is 0 Å². The predicted octanol–water partition coefficient (Wildman–Crippen LogP) is 6.67. The average Bonchev–Trinajstić information content (AvgIpc) is 3.39.